The van der Waals surface area contributed by atoms with E-state index in [9.17, 15) is 23.3 Å². The molecule has 156 valence electrons. The Labute approximate surface area is 173 Å². The maximum atomic E-state index is 13.3. The molecule has 0 unspecified atom stereocenters. The summed E-state index contributed by atoms with van der Waals surface area (Å²) in [6.07, 6.45) is 0. The molecule has 29 heavy (non-hydrogen) atoms. The van der Waals surface area contributed by atoms with Crippen molar-refractivity contribution in [2.75, 3.05) is 24.6 Å². The van der Waals surface area contributed by atoms with Crippen LogP contribution in [0.1, 0.15) is 12.5 Å². The zero-order valence-corrected chi connectivity index (χ0v) is 17.5. The molecule has 0 fully saturated rings. The van der Waals surface area contributed by atoms with Gasteiger partial charge in [0, 0.05) is 16.7 Å². The number of halogens is 1. The number of methoxy groups -OCH3 is 1. The molecule has 0 amide bonds. The van der Waals surface area contributed by atoms with E-state index in [4.69, 9.17) is 21.1 Å². The highest BCUT2D eigenvalue weighted by Gasteiger charge is 2.31. The first-order valence-electron chi connectivity index (χ1n) is 8.38. The first-order valence-corrected chi connectivity index (χ1v) is 10.2. The van der Waals surface area contributed by atoms with Gasteiger partial charge in [-0.15, -0.1) is 0 Å². The molecule has 2 rings (SSSR count). The number of benzene rings is 2. The van der Waals surface area contributed by atoms with Crippen molar-refractivity contribution in [3.63, 3.8) is 0 Å². The van der Waals surface area contributed by atoms with E-state index in [1.165, 1.54) is 44.4 Å². The first kappa shape index (κ1) is 22.4. The molecular formula is C18H19ClN2O7S. The molecule has 0 heterocycles. The third kappa shape index (κ3) is 4.96. The van der Waals surface area contributed by atoms with Crippen molar-refractivity contribution in [3.05, 3.63) is 57.1 Å². The van der Waals surface area contributed by atoms with Crippen LogP contribution in [0.2, 0.25) is 5.02 Å². The molecule has 0 aliphatic heterocycles. The summed E-state index contributed by atoms with van der Waals surface area (Å²) in [7, 11) is -3.07. The number of carbonyl (C=O) groups is 1. The van der Waals surface area contributed by atoms with Crippen LogP contribution in [0, 0.1) is 17.0 Å². The average molecular weight is 443 g/mol. The van der Waals surface area contributed by atoms with E-state index < -0.39 is 27.5 Å². The van der Waals surface area contributed by atoms with Crippen LogP contribution in [0.25, 0.3) is 0 Å². The summed E-state index contributed by atoms with van der Waals surface area (Å²) in [5.74, 6) is -0.663. The van der Waals surface area contributed by atoms with Crippen molar-refractivity contribution >= 4 is 39.0 Å². The lowest BCUT2D eigenvalue weighted by molar-refractivity contribution is -0.385. The smallest absolute Gasteiger partial charge is 0.326 e. The Morgan fingerprint density at radius 2 is 1.93 bits per heavy atom. The van der Waals surface area contributed by atoms with Crippen LogP contribution < -0.4 is 9.04 Å². The van der Waals surface area contributed by atoms with Gasteiger partial charge in [-0.1, -0.05) is 17.7 Å². The van der Waals surface area contributed by atoms with Gasteiger partial charge >= 0.3 is 5.97 Å². The molecule has 11 heteroatoms. The van der Waals surface area contributed by atoms with Crippen LogP contribution in [-0.2, 0) is 19.6 Å². The zero-order chi connectivity index (χ0) is 21.8. The van der Waals surface area contributed by atoms with Gasteiger partial charge in [-0.25, -0.2) is 8.42 Å². The van der Waals surface area contributed by atoms with Gasteiger partial charge in [0.2, 0.25) is 0 Å². The average Bonchev–Trinajstić information content (AvgIpc) is 2.66. The fourth-order valence-electron chi connectivity index (χ4n) is 2.56. The fraction of sp³-hybridized carbons (Fsp3) is 0.278. The summed E-state index contributed by atoms with van der Waals surface area (Å²) in [4.78, 5) is 22.3. The molecule has 9 nitrogen and oxygen atoms in total. The topological polar surface area (TPSA) is 116 Å². The Bertz CT molecular complexity index is 1040. The van der Waals surface area contributed by atoms with Crippen molar-refractivity contribution in [3.8, 4) is 5.75 Å². The Morgan fingerprint density at radius 3 is 2.52 bits per heavy atom. The van der Waals surface area contributed by atoms with Gasteiger partial charge in [0.05, 0.1) is 29.2 Å². The van der Waals surface area contributed by atoms with Crippen LogP contribution in [0.15, 0.2) is 41.3 Å². The van der Waals surface area contributed by atoms with Crippen LogP contribution >= 0.6 is 11.6 Å². The van der Waals surface area contributed by atoms with Crippen LogP contribution in [0.3, 0.4) is 0 Å². The molecule has 0 saturated carbocycles. The van der Waals surface area contributed by atoms with E-state index in [0.717, 1.165) is 10.4 Å². The van der Waals surface area contributed by atoms with E-state index in [-0.39, 0.29) is 33.6 Å². The zero-order valence-electron chi connectivity index (χ0n) is 15.9. The Hall–Kier alpha value is -2.85. The maximum absolute atomic E-state index is 13.3. The quantitative estimate of drug-likeness (QED) is 0.349. The van der Waals surface area contributed by atoms with Crippen LogP contribution in [0.4, 0.5) is 11.4 Å². The van der Waals surface area contributed by atoms with E-state index in [1.54, 1.807) is 6.92 Å². The molecule has 0 atom stereocenters. The van der Waals surface area contributed by atoms with Crippen molar-refractivity contribution in [2.45, 2.75) is 18.7 Å². The minimum Gasteiger partial charge on any atom is -0.495 e. The van der Waals surface area contributed by atoms with E-state index >= 15 is 0 Å². The van der Waals surface area contributed by atoms with Crippen molar-refractivity contribution in [2.24, 2.45) is 0 Å². The second-order valence-corrected chi connectivity index (χ2v) is 8.14. The van der Waals surface area contributed by atoms with Gasteiger partial charge in [0.1, 0.15) is 12.3 Å². The largest absolute Gasteiger partial charge is 0.495 e. The molecule has 0 aliphatic carbocycles. The lowest BCUT2D eigenvalue weighted by Crippen LogP contribution is -2.37. The number of hydrogen-bond acceptors (Lipinski definition) is 7. The lowest BCUT2D eigenvalue weighted by Gasteiger charge is -2.25. The third-order valence-electron chi connectivity index (χ3n) is 3.95. The van der Waals surface area contributed by atoms with Crippen molar-refractivity contribution in [1.29, 1.82) is 0 Å². The minimum absolute atomic E-state index is 0.00344. The molecule has 0 N–H and O–H groups in total. The number of carbonyl (C=O) groups excluding carboxylic acids is 1. The number of nitro benzene ring substituents is 1. The van der Waals surface area contributed by atoms with E-state index in [0.29, 0.717) is 5.56 Å². The molecule has 0 aromatic heterocycles. The van der Waals surface area contributed by atoms with E-state index in [1.807, 2.05) is 0 Å². The second kappa shape index (κ2) is 9.10. The normalized spacial score (nSPS) is 11.0. The van der Waals surface area contributed by atoms with Gasteiger partial charge in [0.25, 0.3) is 15.7 Å². The highest BCUT2D eigenvalue weighted by molar-refractivity contribution is 7.92. The highest BCUT2D eigenvalue weighted by Crippen LogP contribution is 2.35. The Morgan fingerprint density at radius 1 is 1.24 bits per heavy atom. The standard InChI is InChI=1S/C18H19ClN2O7S/c1-4-28-18(22)11-20(16-9-13(19)6-8-17(16)27-3)29(25,26)14-7-5-12(2)15(10-14)21(23)24/h5-10H,4,11H2,1-3H3. The minimum atomic E-state index is -4.40. The lowest BCUT2D eigenvalue weighted by atomic mass is 10.2. The predicted molar refractivity (Wildman–Crippen MR) is 107 cm³/mol. The molecule has 2 aromatic carbocycles. The van der Waals surface area contributed by atoms with Gasteiger partial charge in [0.15, 0.2) is 0 Å². The number of ether oxygens (including phenoxy) is 2. The number of rotatable bonds is 8. The molecular weight excluding hydrogens is 424 g/mol. The van der Waals surface area contributed by atoms with Crippen molar-refractivity contribution < 1.29 is 27.6 Å². The van der Waals surface area contributed by atoms with Gasteiger partial charge in [-0.05, 0) is 38.1 Å². The summed E-state index contributed by atoms with van der Waals surface area (Å²) in [5, 5.41) is 11.4. The monoisotopic (exact) mass is 442 g/mol. The summed E-state index contributed by atoms with van der Waals surface area (Å²) < 4.78 is 37.5. The maximum Gasteiger partial charge on any atom is 0.326 e. The number of esters is 1. The summed E-state index contributed by atoms with van der Waals surface area (Å²) in [5.41, 5.74) is -0.0669. The first-order chi connectivity index (χ1) is 13.6. The fourth-order valence-corrected chi connectivity index (χ4v) is 4.15. The van der Waals surface area contributed by atoms with E-state index in [2.05, 4.69) is 0 Å². The molecule has 0 saturated heterocycles. The van der Waals surface area contributed by atoms with Crippen molar-refractivity contribution in [1.82, 2.24) is 0 Å². The van der Waals surface area contributed by atoms with Gasteiger partial charge < -0.3 is 9.47 Å². The highest BCUT2D eigenvalue weighted by atomic mass is 35.5. The second-order valence-electron chi connectivity index (χ2n) is 5.84. The summed E-state index contributed by atoms with van der Waals surface area (Å²) in [6, 6.07) is 7.76. The summed E-state index contributed by atoms with van der Waals surface area (Å²) in [6.45, 7) is 2.45. The Kier molecular flexibility index (Phi) is 7.04. The molecule has 0 bridgehead atoms. The molecule has 0 spiro atoms. The molecule has 0 aliphatic rings. The summed E-state index contributed by atoms with van der Waals surface area (Å²) >= 11 is 6.02. The molecule has 2 aromatic rings. The van der Waals surface area contributed by atoms with Crippen LogP contribution in [-0.4, -0.2) is 39.6 Å². The predicted octanol–water partition coefficient (Wildman–Crippen LogP) is 3.32. The SMILES string of the molecule is CCOC(=O)CN(c1cc(Cl)ccc1OC)S(=O)(=O)c1ccc(C)c([N+](=O)[O-])c1. The van der Waals surface area contributed by atoms with Gasteiger partial charge in [-0.3, -0.25) is 19.2 Å². The number of aryl methyl sites for hydroxylation is 1. The number of nitro groups is 1. The molecule has 0 radical (unpaired) electrons. The number of sulfonamides is 1. The van der Waals surface area contributed by atoms with Gasteiger partial charge in [-0.2, -0.15) is 0 Å². The third-order valence-corrected chi connectivity index (χ3v) is 5.94. The Balaban J connectivity index is 2.68. The van der Waals surface area contributed by atoms with Crippen LogP contribution in [0.5, 0.6) is 5.75 Å². The number of hydrogen-bond donors (Lipinski definition) is 0. The number of anilines is 1. The number of nitrogens with zero attached hydrogens (tertiary/aromatic N) is 2.